The smallest absolute Gasteiger partial charge is 0.0670 e. The van der Waals surface area contributed by atoms with Crippen molar-refractivity contribution in [3.63, 3.8) is 0 Å². The van der Waals surface area contributed by atoms with Gasteiger partial charge < -0.3 is 5.73 Å². The molecular formula is C12H12BrN3. The van der Waals surface area contributed by atoms with Crippen molar-refractivity contribution in [3.8, 4) is 12.1 Å². The van der Waals surface area contributed by atoms with Gasteiger partial charge in [0, 0.05) is 10.2 Å². The first-order chi connectivity index (χ1) is 7.58. The highest BCUT2D eigenvalue weighted by atomic mass is 79.9. The van der Waals surface area contributed by atoms with E-state index < -0.39 is 0 Å². The third kappa shape index (κ3) is 2.98. The van der Waals surface area contributed by atoms with Gasteiger partial charge in [-0.25, -0.2) is 0 Å². The molecule has 0 radical (unpaired) electrons. The van der Waals surface area contributed by atoms with E-state index in [1.165, 1.54) is 0 Å². The number of anilines is 1. The van der Waals surface area contributed by atoms with Gasteiger partial charge in [-0.3, -0.25) is 0 Å². The molecule has 1 atom stereocenters. The predicted octanol–water partition coefficient (Wildman–Crippen LogP) is 2.94. The Hall–Kier alpha value is -1.52. The molecule has 4 heteroatoms. The Bertz CT molecular complexity index is 468. The first-order valence-corrected chi connectivity index (χ1v) is 5.68. The van der Waals surface area contributed by atoms with E-state index in [9.17, 15) is 0 Å². The molecule has 0 heterocycles. The van der Waals surface area contributed by atoms with Crippen LogP contribution in [-0.4, -0.2) is 0 Å². The molecule has 0 aliphatic rings. The fourth-order valence-corrected chi connectivity index (χ4v) is 2.15. The number of nitrogens with two attached hydrogens (primary N) is 1. The zero-order valence-electron chi connectivity index (χ0n) is 9.00. The van der Waals surface area contributed by atoms with Crippen LogP contribution in [0.3, 0.4) is 0 Å². The highest BCUT2D eigenvalue weighted by Crippen LogP contribution is 2.27. The molecule has 0 aliphatic heterocycles. The molecule has 1 aromatic rings. The summed E-state index contributed by atoms with van der Waals surface area (Å²) in [6.45, 7) is 1.97. The number of halogens is 1. The van der Waals surface area contributed by atoms with Crippen molar-refractivity contribution in [2.45, 2.75) is 19.8 Å². The minimum absolute atomic E-state index is 0.238. The Morgan fingerprint density at radius 1 is 1.44 bits per heavy atom. The van der Waals surface area contributed by atoms with Crippen molar-refractivity contribution < 1.29 is 0 Å². The number of rotatable bonds is 3. The summed E-state index contributed by atoms with van der Waals surface area (Å²) in [5, 5.41) is 17.5. The summed E-state index contributed by atoms with van der Waals surface area (Å²) >= 11 is 3.37. The maximum atomic E-state index is 8.89. The van der Waals surface area contributed by atoms with Crippen LogP contribution in [0.2, 0.25) is 0 Å². The predicted molar refractivity (Wildman–Crippen MR) is 66.3 cm³/mol. The number of nitriles is 2. The van der Waals surface area contributed by atoms with Gasteiger partial charge in [-0.15, -0.1) is 0 Å². The monoisotopic (exact) mass is 277 g/mol. The minimum atomic E-state index is -0.291. The summed E-state index contributed by atoms with van der Waals surface area (Å²) in [5.41, 5.74) is 8.58. The van der Waals surface area contributed by atoms with Gasteiger partial charge in [0.05, 0.1) is 24.5 Å². The van der Waals surface area contributed by atoms with Gasteiger partial charge in [0.2, 0.25) is 0 Å². The number of hydrogen-bond acceptors (Lipinski definition) is 3. The Morgan fingerprint density at radius 2 is 2.12 bits per heavy atom. The Labute approximate surface area is 104 Å². The Morgan fingerprint density at radius 3 is 2.69 bits per heavy atom. The maximum Gasteiger partial charge on any atom is 0.0670 e. The quantitative estimate of drug-likeness (QED) is 0.864. The largest absolute Gasteiger partial charge is 0.398 e. The number of nitrogens with zero attached hydrogens (tertiary/aromatic N) is 2. The molecule has 82 valence electrons. The van der Waals surface area contributed by atoms with Crippen LogP contribution < -0.4 is 5.73 Å². The third-order valence-corrected chi connectivity index (χ3v) is 3.00. The molecule has 1 unspecified atom stereocenters. The molecular weight excluding hydrogens is 266 g/mol. The van der Waals surface area contributed by atoms with Gasteiger partial charge in [-0.05, 0) is 46.5 Å². The molecule has 2 N–H and O–H groups in total. The van der Waals surface area contributed by atoms with E-state index in [0.29, 0.717) is 12.1 Å². The number of aryl methyl sites for hydroxylation is 1. The normalized spacial score (nSPS) is 11.5. The maximum absolute atomic E-state index is 8.89. The topological polar surface area (TPSA) is 73.6 Å². The lowest BCUT2D eigenvalue weighted by molar-refractivity contribution is 0.681. The van der Waals surface area contributed by atoms with Crippen LogP contribution in [0.1, 0.15) is 17.5 Å². The molecule has 0 amide bonds. The number of nitrogen functional groups attached to an aromatic ring is 1. The van der Waals surface area contributed by atoms with Gasteiger partial charge in [-0.2, -0.15) is 10.5 Å². The summed E-state index contributed by atoms with van der Waals surface area (Å²) in [6.07, 6.45) is 0.762. The fraction of sp³-hybridized carbons (Fsp3) is 0.333. The molecule has 0 aromatic heterocycles. The molecule has 1 aromatic carbocycles. The lowest BCUT2D eigenvalue weighted by atomic mass is 9.96. The fourth-order valence-electron chi connectivity index (χ4n) is 1.53. The molecule has 0 aliphatic carbocycles. The van der Waals surface area contributed by atoms with E-state index in [4.69, 9.17) is 16.3 Å². The molecule has 3 nitrogen and oxygen atoms in total. The molecule has 0 bridgehead atoms. The van der Waals surface area contributed by atoms with Gasteiger partial charge >= 0.3 is 0 Å². The van der Waals surface area contributed by atoms with Crippen LogP contribution in [0.25, 0.3) is 0 Å². The van der Waals surface area contributed by atoms with E-state index in [1.54, 1.807) is 0 Å². The summed E-state index contributed by atoms with van der Waals surface area (Å²) in [6, 6.07) is 8.03. The Kier molecular flexibility index (Phi) is 4.34. The summed E-state index contributed by atoms with van der Waals surface area (Å²) in [7, 11) is 0. The lowest BCUT2D eigenvalue weighted by Crippen LogP contribution is -2.05. The zero-order valence-corrected chi connectivity index (χ0v) is 10.6. The number of benzene rings is 1. The molecule has 0 saturated heterocycles. The van der Waals surface area contributed by atoms with Gasteiger partial charge in [0.15, 0.2) is 0 Å². The summed E-state index contributed by atoms with van der Waals surface area (Å²) in [5.74, 6) is -0.291. The van der Waals surface area contributed by atoms with Crippen LogP contribution in [0.5, 0.6) is 0 Å². The van der Waals surface area contributed by atoms with E-state index in [-0.39, 0.29) is 12.3 Å². The summed E-state index contributed by atoms with van der Waals surface area (Å²) in [4.78, 5) is 0. The third-order valence-electron chi connectivity index (χ3n) is 2.35. The van der Waals surface area contributed by atoms with Gasteiger partial charge in [-0.1, -0.05) is 6.07 Å². The zero-order chi connectivity index (χ0) is 12.1. The van der Waals surface area contributed by atoms with E-state index in [1.807, 2.05) is 25.1 Å². The van der Waals surface area contributed by atoms with E-state index >= 15 is 0 Å². The molecule has 16 heavy (non-hydrogen) atoms. The SMILES string of the molecule is Cc1cc(Br)c(N)c(CC(C#N)CC#N)c1. The highest BCUT2D eigenvalue weighted by molar-refractivity contribution is 9.10. The lowest BCUT2D eigenvalue weighted by Gasteiger charge is -2.11. The van der Waals surface area contributed by atoms with Crippen molar-refractivity contribution in [1.82, 2.24) is 0 Å². The second-order valence-electron chi connectivity index (χ2n) is 3.71. The first kappa shape index (κ1) is 12.5. The van der Waals surface area contributed by atoms with Crippen LogP contribution in [0.15, 0.2) is 16.6 Å². The molecule has 0 fully saturated rings. The average molecular weight is 278 g/mol. The molecule has 0 spiro atoms. The number of hydrogen-bond donors (Lipinski definition) is 1. The second kappa shape index (κ2) is 5.53. The van der Waals surface area contributed by atoms with Gasteiger partial charge in [0.1, 0.15) is 0 Å². The van der Waals surface area contributed by atoms with Crippen LogP contribution in [0, 0.1) is 35.5 Å². The average Bonchev–Trinajstić information content (AvgIpc) is 2.24. The Balaban J connectivity index is 2.98. The molecule has 0 saturated carbocycles. The minimum Gasteiger partial charge on any atom is -0.398 e. The van der Waals surface area contributed by atoms with Gasteiger partial charge in [0.25, 0.3) is 0 Å². The van der Waals surface area contributed by atoms with Crippen molar-refractivity contribution in [2.24, 2.45) is 5.92 Å². The van der Waals surface area contributed by atoms with E-state index in [2.05, 4.69) is 22.0 Å². The van der Waals surface area contributed by atoms with Crippen molar-refractivity contribution in [2.75, 3.05) is 5.73 Å². The standard InChI is InChI=1S/C12H12BrN3/c1-8-4-10(12(16)11(13)5-8)6-9(7-15)2-3-14/h4-5,9H,2,6,16H2,1H3. The van der Waals surface area contributed by atoms with Crippen LogP contribution >= 0.6 is 15.9 Å². The van der Waals surface area contributed by atoms with Crippen LogP contribution in [-0.2, 0) is 6.42 Å². The first-order valence-electron chi connectivity index (χ1n) is 4.89. The second-order valence-corrected chi connectivity index (χ2v) is 4.57. The highest BCUT2D eigenvalue weighted by Gasteiger charge is 2.12. The summed E-state index contributed by atoms with van der Waals surface area (Å²) < 4.78 is 0.844. The van der Waals surface area contributed by atoms with Crippen molar-refractivity contribution >= 4 is 21.6 Å². The van der Waals surface area contributed by atoms with Crippen molar-refractivity contribution in [3.05, 3.63) is 27.7 Å². The van der Waals surface area contributed by atoms with Crippen molar-refractivity contribution in [1.29, 1.82) is 10.5 Å². The van der Waals surface area contributed by atoms with Crippen LogP contribution in [0.4, 0.5) is 5.69 Å². The molecule has 1 rings (SSSR count). The van der Waals surface area contributed by atoms with E-state index in [0.717, 1.165) is 15.6 Å².